The fourth-order valence-corrected chi connectivity index (χ4v) is 7.76. The van der Waals surface area contributed by atoms with Gasteiger partial charge >= 0.3 is 0 Å². The van der Waals surface area contributed by atoms with E-state index in [1.54, 1.807) is 53.4 Å². The Bertz CT molecular complexity index is 1590. The fraction of sp³-hybridized carbons (Fsp3) is 0.387. The number of fused-ring (bicyclic) bond motifs is 1. The topological polar surface area (TPSA) is 113 Å². The molecule has 222 valence electrons. The highest BCUT2D eigenvalue weighted by molar-refractivity contribution is 7.88. The van der Waals surface area contributed by atoms with E-state index in [1.165, 1.54) is 6.08 Å². The van der Waals surface area contributed by atoms with E-state index in [0.717, 1.165) is 24.7 Å². The first-order chi connectivity index (χ1) is 19.9. The first-order valence-electron chi connectivity index (χ1n) is 14.0. The minimum absolute atomic E-state index is 0.0408. The number of halogens is 2. The molecule has 2 aromatic rings. The van der Waals surface area contributed by atoms with Gasteiger partial charge in [-0.2, -0.15) is 0 Å². The van der Waals surface area contributed by atoms with Gasteiger partial charge in [0.25, 0.3) is 5.91 Å². The number of nitrogens with zero attached hydrogens (tertiary/aromatic N) is 1. The van der Waals surface area contributed by atoms with Crippen molar-refractivity contribution >= 4 is 50.8 Å². The summed E-state index contributed by atoms with van der Waals surface area (Å²) < 4.78 is 27.5. The van der Waals surface area contributed by atoms with Crippen molar-refractivity contribution in [2.75, 3.05) is 6.26 Å². The van der Waals surface area contributed by atoms with Crippen LogP contribution in [0.25, 0.3) is 0 Å². The highest BCUT2D eigenvalue weighted by atomic mass is 35.5. The first kappa shape index (κ1) is 30.5. The zero-order valence-corrected chi connectivity index (χ0v) is 25.7. The highest BCUT2D eigenvalue weighted by Gasteiger charge is 2.49. The van der Waals surface area contributed by atoms with Crippen molar-refractivity contribution in [3.63, 3.8) is 0 Å². The lowest BCUT2D eigenvalue weighted by Crippen LogP contribution is -2.59. The van der Waals surface area contributed by atoms with Crippen molar-refractivity contribution < 1.29 is 22.8 Å². The van der Waals surface area contributed by atoms with E-state index in [1.807, 2.05) is 13.0 Å². The lowest BCUT2D eigenvalue weighted by atomic mass is 9.76. The second-order valence-corrected chi connectivity index (χ2v) is 13.8. The molecule has 2 aliphatic carbocycles. The van der Waals surface area contributed by atoms with Crippen molar-refractivity contribution in [3.8, 4) is 0 Å². The Balaban J connectivity index is 1.65. The Labute approximate surface area is 256 Å². The lowest BCUT2D eigenvalue weighted by molar-refractivity contribution is -0.125. The van der Waals surface area contributed by atoms with Gasteiger partial charge in [-0.15, -0.1) is 0 Å². The monoisotopic (exact) mass is 629 g/mol. The number of carbonyl (C=O) groups excluding carboxylic acids is 3. The van der Waals surface area contributed by atoms with Crippen molar-refractivity contribution in [2.24, 2.45) is 0 Å². The molecule has 0 spiro atoms. The number of hydrogen-bond donors (Lipinski definition) is 2. The number of ketones is 1. The van der Waals surface area contributed by atoms with Crippen LogP contribution in [-0.4, -0.2) is 55.3 Å². The summed E-state index contributed by atoms with van der Waals surface area (Å²) >= 11 is 13.0. The Morgan fingerprint density at radius 3 is 2.50 bits per heavy atom. The summed E-state index contributed by atoms with van der Waals surface area (Å²) in [7, 11) is -3.58. The third-order valence-electron chi connectivity index (χ3n) is 8.28. The van der Waals surface area contributed by atoms with Gasteiger partial charge < -0.3 is 10.2 Å². The third-order valence-corrected chi connectivity index (χ3v) is 9.57. The molecule has 2 aromatic carbocycles. The minimum atomic E-state index is -3.58. The molecule has 0 bridgehead atoms. The predicted octanol–water partition coefficient (Wildman–Crippen LogP) is 5.09. The quantitative estimate of drug-likeness (QED) is 0.443. The summed E-state index contributed by atoms with van der Waals surface area (Å²) in [5.74, 6) is -1.55. The van der Waals surface area contributed by atoms with Gasteiger partial charge in [0.05, 0.1) is 18.2 Å². The van der Waals surface area contributed by atoms with Crippen LogP contribution in [0.4, 0.5) is 0 Å². The number of hydrogen-bond acceptors (Lipinski definition) is 5. The molecule has 8 nitrogen and oxygen atoms in total. The first-order valence-corrected chi connectivity index (χ1v) is 16.6. The SMILES string of the molecule is CC(NC(=O)[C@@H]1c2ccccc2C(=O)N([C@H]2CCCC[C@@H]2NS(C)(=O)=O)[C@H]1c1ccc(Cl)cc1Cl)C1=CC=CC(=O)C1. The van der Waals surface area contributed by atoms with E-state index >= 15 is 0 Å². The number of allylic oxidation sites excluding steroid dienone is 3. The predicted molar refractivity (Wildman–Crippen MR) is 163 cm³/mol. The van der Waals surface area contributed by atoms with Crippen molar-refractivity contribution in [3.05, 3.63) is 93.0 Å². The number of nitrogens with one attached hydrogen (secondary N) is 2. The molecule has 5 rings (SSSR count). The lowest BCUT2D eigenvalue weighted by Gasteiger charge is -2.49. The van der Waals surface area contributed by atoms with Crippen LogP contribution in [-0.2, 0) is 19.6 Å². The molecule has 0 aromatic heterocycles. The molecule has 3 aliphatic rings. The number of benzene rings is 2. The van der Waals surface area contributed by atoms with Crippen LogP contribution in [0.3, 0.4) is 0 Å². The molecular formula is C31H33Cl2N3O5S. The molecule has 5 atom stereocenters. The van der Waals surface area contributed by atoms with Gasteiger partial charge in [0, 0.05) is 40.2 Å². The Kier molecular flexibility index (Phi) is 8.94. The van der Waals surface area contributed by atoms with Gasteiger partial charge in [0.2, 0.25) is 15.9 Å². The van der Waals surface area contributed by atoms with Crippen molar-refractivity contribution in [2.45, 2.75) is 69.1 Å². The van der Waals surface area contributed by atoms with Gasteiger partial charge in [-0.3, -0.25) is 14.4 Å². The Hall–Kier alpha value is -2.98. The highest BCUT2D eigenvalue weighted by Crippen LogP contribution is 2.48. The zero-order chi connectivity index (χ0) is 30.2. The van der Waals surface area contributed by atoms with Gasteiger partial charge in [-0.1, -0.05) is 72.5 Å². The maximum absolute atomic E-state index is 14.4. The van der Waals surface area contributed by atoms with Crippen LogP contribution >= 0.6 is 23.2 Å². The van der Waals surface area contributed by atoms with Crippen molar-refractivity contribution in [1.82, 2.24) is 14.9 Å². The van der Waals surface area contributed by atoms with E-state index in [-0.39, 0.29) is 24.0 Å². The third kappa shape index (κ3) is 6.34. The smallest absolute Gasteiger partial charge is 0.255 e. The average molecular weight is 631 g/mol. The minimum Gasteiger partial charge on any atom is -0.349 e. The second-order valence-electron chi connectivity index (χ2n) is 11.2. The molecule has 1 fully saturated rings. The van der Waals surface area contributed by atoms with Crippen LogP contribution < -0.4 is 10.0 Å². The van der Waals surface area contributed by atoms with Gasteiger partial charge in [0.1, 0.15) is 0 Å². The largest absolute Gasteiger partial charge is 0.349 e. The molecule has 0 saturated heterocycles. The summed E-state index contributed by atoms with van der Waals surface area (Å²) in [5, 5.41) is 3.79. The normalized spacial score (nSPS) is 25.0. The molecule has 2 N–H and O–H groups in total. The van der Waals surface area contributed by atoms with E-state index < -0.39 is 40.1 Å². The van der Waals surface area contributed by atoms with Gasteiger partial charge in [0.15, 0.2) is 5.78 Å². The molecular weight excluding hydrogens is 597 g/mol. The van der Waals surface area contributed by atoms with E-state index in [9.17, 15) is 22.8 Å². The standard InChI is InChI=1S/C31H33Cl2N3O5S/c1-18(19-8-7-9-21(37)16-19)34-30(38)28-22-10-3-4-11-23(22)31(39)36(29(28)24-15-14-20(32)17-25(24)33)27-13-6-5-12-26(27)35-42(2,40)41/h3-4,7-11,14-15,17-18,26-29,35H,5-6,12-13,16H2,1-2H3,(H,34,38)/t18?,26-,27-,28+,29-/m0/s1. The number of sulfonamides is 1. The van der Waals surface area contributed by atoms with Gasteiger partial charge in [-0.25, -0.2) is 13.1 Å². The second kappa shape index (κ2) is 12.3. The van der Waals surface area contributed by atoms with E-state index in [0.29, 0.717) is 39.6 Å². The maximum atomic E-state index is 14.4. The maximum Gasteiger partial charge on any atom is 0.255 e. The molecule has 1 saturated carbocycles. The van der Waals surface area contributed by atoms with Gasteiger partial charge in [-0.05, 0) is 60.7 Å². The Morgan fingerprint density at radius 2 is 1.79 bits per heavy atom. The number of carbonyl (C=O) groups is 3. The number of amides is 2. The number of rotatable bonds is 7. The van der Waals surface area contributed by atoms with Crippen LogP contribution in [0.2, 0.25) is 10.0 Å². The molecule has 42 heavy (non-hydrogen) atoms. The summed E-state index contributed by atoms with van der Waals surface area (Å²) in [4.78, 5) is 42.4. The fourth-order valence-electron chi connectivity index (χ4n) is 6.42. The molecule has 1 aliphatic heterocycles. The zero-order valence-electron chi connectivity index (χ0n) is 23.3. The molecule has 11 heteroatoms. The van der Waals surface area contributed by atoms with Crippen molar-refractivity contribution in [1.29, 1.82) is 0 Å². The molecule has 1 heterocycles. The Morgan fingerprint density at radius 1 is 1.05 bits per heavy atom. The van der Waals surface area contributed by atoms with Crippen LogP contribution in [0.1, 0.15) is 72.5 Å². The molecule has 1 unspecified atom stereocenters. The summed E-state index contributed by atoms with van der Waals surface area (Å²) in [6.07, 6.45) is 9.02. The van der Waals surface area contributed by atoms with Crippen LogP contribution in [0.5, 0.6) is 0 Å². The van der Waals surface area contributed by atoms with E-state index in [2.05, 4.69) is 10.0 Å². The van der Waals surface area contributed by atoms with Crippen LogP contribution in [0, 0.1) is 0 Å². The summed E-state index contributed by atoms with van der Waals surface area (Å²) in [6, 6.07) is 9.62. The molecule has 2 amide bonds. The summed E-state index contributed by atoms with van der Waals surface area (Å²) in [6.45, 7) is 1.82. The summed E-state index contributed by atoms with van der Waals surface area (Å²) in [5.41, 5.74) is 2.25. The molecule has 0 radical (unpaired) electrons. The van der Waals surface area contributed by atoms with Crippen LogP contribution in [0.15, 0.2) is 66.3 Å². The van der Waals surface area contributed by atoms with E-state index in [4.69, 9.17) is 23.2 Å². The average Bonchev–Trinajstić information content (AvgIpc) is 2.93.